The largest absolute Gasteiger partial charge is 0.330 e. The van der Waals surface area contributed by atoms with Crippen LogP contribution in [0.5, 0.6) is 0 Å². The molecule has 1 saturated carbocycles. The maximum Gasteiger partial charge on any atom is 0.227 e. The highest BCUT2D eigenvalue weighted by Crippen LogP contribution is 2.33. The van der Waals surface area contributed by atoms with Crippen LogP contribution in [0.3, 0.4) is 0 Å². The van der Waals surface area contributed by atoms with E-state index in [-0.39, 0.29) is 17.7 Å². The number of hydrogen-bond donors (Lipinski definition) is 3. The predicted octanol–water partition coefficient (Wildman–Crippen LogP) is 3.45. The van der Waals surface area contributed by atoms with Crippen molar-refractivity contribution in [2.75, 3.05) is 11.9 Å². The molecular weight excluding hydrogens is 338 g/mol. The molecule has 1 amide bonds. The van der Waals surface area contributed by atoms with E-state index in [1.807, 2.05) is 54.6 Å². The van der Waals surface area contributed by atoms with Crippen LogP contribution in [0.4, 0.5) is 5.69 Å². The van der Waals surface area contributed by atoms with Gasteiger partial charge >= 0.3 is 0 Å². The van der Waals surface area contributed by atoms with Gasteiger partial charge in [0, 0.05) is 17.0 Å². The summed E-state index contributed by atoms with van der Waals surface area (Å²) in [7, 11) is 0. The van der Waals surface area contributed by atoms with Gasteiger partial charge in [-0.05, 0) is 37.4 Å². The van der Waals surface area contributed by atoms with Gasteiger partial charge in [0.25, 0.3) is 0 Å². The third-order valence-electron chi connectivity index (χ3n) is 5.26. The minimum absolute atomic E-state index is 0.0161. The van der Waals surface area contributed by atoms with Crippen LogP contribution in [-0.4, -0.2) is 27.6 Å². The van der Waals surface area contributed by atoms with E-state index in [9.17, 15) is 4.79 Å². The molecule has 0 aliphatic heterocycles. The van der Waals surface area contributed by atoms with Crippen molar-refractivity contribution >= 4 is 11.6 Å². The third-order valence-corrected chi connectivity index (χ3v) is 5.26. The molecule has 3 aromatic rings. The van der Waals surface area contributed by atoms with Crippen LogP contribution in [0.2, 0.25) is 0 Å². The van der Waals surface area contributed by atoms with Crippen LogP contribution < -0.4 is 11.1 Å². The van der Waals surface area contributed by atoms with Crippen LogP contribution >= 0.6 is 0 Å². The Morgan fingerprint density at radius 2 is 1.89 bits per heavy atom. The van der Waals surface area contributed by atoms with Crippen LogP contribution in [-0.2, 0) is 4.79 Å². The molecule has 4 rings (SSSR count). The fourth-order valence-electron chi connectivity index (χ4n) is 3.79. The fourth-order valence-corrected chi connectivity index (χ4v) is 3.79. The van der Waals surface area contributed by atoms with Crippen molar-refractivity contribution in [1.82, 2.24) is 15.2 Å². The second-order valence-corrected chi connectivity index (χ2v) is 6.94. The van der Waals surface area contributed by atoms with Gasteiger partial charge in [0.05, 0.1) is 5.69 Å². The normalized spacial score (nSPS) is 19.1. The number of anilines is 1. The number of benzene rings is 2. The zero-order chi connectivity index (χ0) is 18.6. The predicted molar refractivity (Wildman–Crippen MR) is 106 cm³/mol. The van der Waals surface area contributed by atoms with Crippen molar-refractivity contribution in [1.29, 1.82) is 0 Å². The number of rotatable bonds is 5. The molecule has 0 saturated heterocycles. The number of aromatic nitrogens is 3. The molecule has 1 aliphatic rings. The van der Waals surface area contributed by atoms with Gasteiger partial charge in [0.2, 0.25) is 5.91 Å². The molecule has 0 spiro atoms. The van der Waals surface area contributed by atoms with Crippen LogP contribution in [0.1, 0.15) is 19.3 Å². The van der Waals surface area contributed by atoms with E-state index in [4.69, 9.17) is 5.73 Å². The Kier molecular flexibility index (Phi) is 4.98. The molecule has 6 nitrogen and oxygen atoms in total. The lowest BCUT2D eigenvalue weighted by Gasteiger charge is -2.18. The smallest absolute Gasteiger partial charge is 0.227 e. The van der Waals surface area contributed by atoms with E-state index in [0.29, 0.717) is 18.2 Å². The SMILES string of the molecule is NC[C@H]1CCC[C@H]1C(=O)Nc1ccccc1-c1nc(-c2ccccc2)n[nH]1. The Balaban J connectivity index is 1.59. The van der Waals surface area contributed by atoms with E-state index in [1.165, 1.54) is 0 Å². The lowest BCUT2D eigenvalue weighted by molar-refractivity contribution is -0.120. The summed E-state index contributed by atoms with van der Waals surface area (Å²) in [6, 6.07) is 17.5. The molecule has 1 aliphatic carbocycles. The van der Waals surface area contributed by atoms with E-state index >= 15 is 0 Å². The monoisotopic (exact) mass is 361 g/mol. The number of para-hydroxylation sites is 1. The van der Waals surface area contributed by atoms with Gasteiger partial charge in [-0.25, -0.2) is 4.98 Å². The summed E-state index contributed by atoms with van der Waals surface area (Å²) < 4.78 is 0. The van der Waals surface area contributed by atoms with Crippen molar-refractivity contribution in [2.24, 2.45) is 17.6 Å². The molecule has 0 radical (unpaired) electrons. The highest BCUT2D eigenvalue weighted by Gasteiger charge is 2.32. The average Bonchev–Trinajstić information content (AvgIpc) is 3.38. The average molecular weight is 361 g/mol. The molecule has 2 atom stereocenters. The first-order valence-electron chi connectivity index (χ1n) is 9.34. The number of nitrogens with one attached hydrogen (secondary N) is 2. The van der Waals surface area contributed by atoms with Crippen LogP contribution in [0, 0.1) is 11.8 Å². The van der Waals surface area contributed by atoms with Gasteiger partial charge in [0.15, 0.2) is 11.6 Å². The molecular formula is C21H23N5O. The van der Waals surface area contributed by atoms with Crippen molar-refractivity contribution in [3.63, 3.8) is 0 Å². The fraction of sp³-hybridized carbons (Fsp3) is 0.286. The minimum Gasteiger partial charge on any atom is -0.330 e. The summed E-state index contributed by atoms with van der Waals surface area (Å²) >= 11 is 0. The van der Waals surface area contributed by atoms with E-state index < -0.39 is 0 Å². The summed E-state index contributed by atoms with van der Waals surface area (Å²) in [4.78, 5) is 17.4. The van der Waals surface area contributed by atoms with Crippen molar-refractivity contribution in [2.45, 2.75) is 19.3 Å². The first-order chi connectivity index (χ1) is 13.3. The van der Waals surface area contributed by atoms with Gasteiger partial charge in [-0.2, -0.15) is 5.10 Å². The number of carbonyl (C=O) groups excluding carboxylic acids is 1. The Morgan fingerprint density at radius 3 is 2.70 bits per heavy atom. The van der Waals surface area contributed by atoms with Gasteiger partial charge in [-0.3, -0.25) is 9.89 Å². The highest BCUT2D eigenvalue weighted by atomic mass is 16.1. The summed E-state index contributed by atoms with van der Waals surface area (Å²) in [6.07, 6.45) is 2.99. The topological polar surface area (TPSA) is 96.7 Å². The first kappa shape index (κ1) is 17.4. The van der Waals surface area contributed by atoms with Crippen molar-refractivity contribution < 1.29 is 4.79 Å². The van der Waals surface area contributed by atoms with E-state index in [1.54, 1.807) is 0 Å². The Labute approximate surface area is 158 Å². The molecule has 1 heterocycles. The highest BCUT2D eigenvalue weighted by molar-refractivity contribution is 5.96. The lowest BCUT2D eigenvalue weighted by Crippen LogP contribution is -2.29. The van der Waals surface area contributed by atoms with E-state index in [0.717, 1.165) is 36.1 Å². The minimum atomic E-state index is -0.0161. The number of H-pyrrole nitrogens is 1. The zero-order valence-corrected chi connectivity index (χ0v) is 15.1. The third kappa shape index (κ3) is 3.61. The van der Waals surface area contributed by atoms with Crippen molar-refractivity contribution in [3.05, 3.63) is 54.6 Å². The second kappa shape index (κ2) is 7.72. The maximum absolute atomic E-state index is 12.8. The zero-order valence-electron chi connectivity index (χ0n) is 15.1. The van der Waals surface area contributed by atoms with Crippen LogP contribution in [0.15, 0.2) is 54.6 Å². The summed E-state index contributed by atoms with van der Waals surface area (Å²) in [5.41, 5.74) is 8.33. The Morgan fingerprint density at radius 1 is 1.11 bits per heavy atom. The second-order valence-electron chi connectivity index (χ2n) is 6.94. The molecule has 4 N–H and O–H groups in total. The van der Waals surface area contributed by atoms with Gasteiger partial charge in [-0.1, -0.05) is 48.9 Å². The number of nitrogens with zero attached hydrogens (tertiary/aromatic N) is 2. The molecule has 27 heavy (non-hydrogen) atoms. The summed E-state index contributed by atoms with van der Waals surface area (Å²) in [6.45, 7) is 0.558. The molecule has 0 unspecified atom stereocenters. The Bertz CT molecular complexity index is 921. The van der Waals surface area contributed by atoms with Gasteiger partial charge in [0.1, 0.15) is 0 Å². The lowest BCUT2D eigenvalue weighted by atomic mass is 9.95. The summed E-state index contributed by atoms with van der Waals surface area (Å²) in [5.74, 6) is 1.56. The standard InChI is InChI=1S/C21H23N5O/c22-13-15-9-6-11-16(15)21(27)23-18-12-5-4-10-17(18)20-24-19(25-26-20)14-7-2-1-3-8-14/h1-5,7-8,10,12,15-16H,6,9,11,13,22H2,(H,23,27)(H,24,25,26)/t15-,16-/m1/s1. The summed E-state index contributed by atoms with van der Waals surface area (Å²) in [5, 5.41) is 10.4. The molecule has 2 aromatic carbocycles. The molecule has 138 valence electrons. The number of carbonyl (C=O) groups is 1. The quantitative estimate of drug-likeness (QED) is 0.648. The van der Waals surface area contributed by atoms with Crippen LogP contribution in [0.25, 0.3) is 22.8 Å². The molecule has 1 fully saturated rings. The number of nitrogens with two attached hydrogens (primary N) is 1. The number of amides is 1. The van der Waals surface area contributed by atoms with E-state index in [2.05, 4.69) is 20.5 Å². The first-order valence-corrected chi connectivity index (χ1v) is 9.34. The van der Waals surface area contributed by atoms with Gasteiger partial charge in [-0.15, -0.1) is 0 Å². The molecule has 0 bridgehead atoms. The molecule has 1 aromatic heterocycles. The number of aromatic amines is 1. The molecule has 6 heteroatoms. The maximum atomic E-state index is 12.8. The van der Waals surface area contributed by atoms with Crippen molar-refractivity contribution in [3.8, 4) is 22.8 Å². The number of hydrogen-bond acceptors (Lipinski definition) is 4. The Hall–Kier alpha value is -2.99. The van der Waals surface area contributed by atoms with Gasteiger partial charge < -0.3 is 11.1 Å².